The Morgan fingerprint density at radius 3 is 2.54 bits per heavy atom. The van der Waals surface area contributed by atoms with Crippen molar-refractivity contribution in [1.82, 2.24) is 10.2 Å². The Morgan fingerprint density at radius 2 is 1.88 bits per heavy atom. The lowest BCUT2D eigenvalue weighted by Crippen LogP contribution is -2.43. The second-order valence-corrected chi connectivity index (χ2v) is 5.40. The largest absolute Gasteiger partial charge is 0.493 e. The number of methoxy groups -OCH3 is 1. The van der Waals surface area contributed by atoms with Gasteiger partial charge in [0.25, 0.3) is 11.8 Å². The number of carbonyl (C=O) groups is 3. The van der Waals surface area contributed by atoms with Crippen molar-refractivity contribution in [2.24, 2.45) is 0 Å². The summed E-state index contributed by atoms with van der Waals surface area (Å²) in [5.41, 5.74) is 0.206. The number of rotatable bonds is 7. The first kappa shape index (κ1) is 19.5. The third kappa shape index (κ3) is 5.35. The fraction of sp³-hybridized carbons (Fsp3) is 0.471. The lowest BCUT2D eigenvalue weighted by atomic mass is 10.2. The maximum absolute atomic E-state index is 12.1. The maximum atomic E-state index is 12.1. The summed E-state index contributed by atoms with van der Waals surface area (Å²) in [6, 6.07) is 4.42. The second-order valence-electron chi connectivity index (χ2n) is 5.40. The van der Waals surface area contributed by atoms with Crippen molar-refractivity contribution < 1.29 is 33.3 Å². The van der Waals surface area contributed by atoms with Gasteiger partial charge in [0.2, 0.25) is 0 Å². The summed E-state index contributed by atoms with van der Waals surface area (Å²) in [6.45, 7) is 1.59. The summed E-state index contributed by atoms with van der Waals surface area (Å²) in [6.07, 6.45) is 0. The molecular weight excluding hydrogens is 344 g/mol. The van der Waals surface area contributed by atoms with Gasteiger partial charge in [-0.25, -0.2) is 4.79 Å². The molecule has 1 N–H and O–H groups in total. The van der Waals surface area contributed by atoms with Crippen LogP contribution < -0.4 is 14.8 Å². The first-order valence-corrected chi connectivity index (χ1v) is 8.09. The Kier molecular flexibility index (Phi) is 7.22. The average Bonchev–Trinajstić information content (AvgIpc) is 2.70. The molecule has 0 atom stereocenters. The van der Waals surface area contributed by atoms with Gasteiger partial charge in [-0.15, -0.1) is 0 Å². The summed E-state index contributed by atoms with van der Waals surface area (Å²) < 4.78 is 20.8. The van der Waals surface area contributed by atoms with Crippen LogP contribution in [0.3, 0.4) is 0 Å². The number of morpholine rings is 1. The van der Waals surface area contributed by atoms with Crippen LogP contribution in [0.5, 0.6) is 11.5 Å². The minimum atomic E-state index is -0.664. The highest BCUT2D eigenvalue weighted by molar-refractivity contribution is 5.92. The van der Waals surface area contributed by atoms with Crippen LogP contribution in [-0.2, 0) is 19.1 Å². The van der Waals surface area contributed by atoms with Crippen molar-refractivity contribution in [3.8, 4) is 11.5 Å². The number of amides is 2. The normalized spacial score (nSPS) is 13.7. The van der Waals surface area contributed by atoms with Crippen LogP contribution in [0.4, 0.5) is 0 Å². The van der Waals surface area contributed by atoms with Crippen molar-refractivity contribution in [2.75, 3.05) is 53.7 Å². The van der Waals surface area contributed by atoms with Crippen molar-refractivity contribution >= 4 is 17.8 Å². The van der Waals surface area contributed by atoms with E-state index in [0.717, 1.165) is 0 Å². The molecule has 2 rings (SSSR count). The molecule has 0 radical (unpaired) electrons. The molecular formula is C17H22N2O7. The number of hydrogen-bond acceptors (Lipinski definition) is 7. The molecule has 1 heterocycles. The van der Waals surface area contributed by atoms with Gasteiger partial charge in [-0.3, -0.25) is 9.59 Å². The van der Waals surface area contributed by atoms with Gasteiger partial charge in [0.1, 0.15) is 0 Å². The Morgan fingerprint density at radius 1 is 1.15 bits per heavy atom. The van der Waals surface area contributed by atoms with Crippen molar-refractivity contribution in [2.45, 2.75) is 0 Å². The minimum Gasteiger partial charge on any atom is -0.493 e. The maximum Gasteiger partial charge on any atom is 0.338 e. The van der Waals surface area contributed by atoms with Gasteiger partial charge < -0.3 is 29.2 Å². The Labute approximate surface area is 151 Å². The van der Waals surface area contributed by atoms with E-state index >= 15 is 0 Å². The number of carbonyl (C=O) groups excluding carboxylic acids is 3. The van der Waals surface area contributed by atoms with Gasteiger partial charge in [0, 0.05) is 20.1 Å². The summed E-state index contributed by atoms with van der Waals surface area (Å²) in [5.74, 6) is -0.606. The molecule has 0 saturated carbocycles. The molecule has 26 heavy (non-hydrogen) atoms. The lowest BCUT2D eigenvalue weighted by Gasteiger charge is -2.26. The van der Waals surface area contributed by atoms with E-state index in [1.54, 1.807) is 4.90 Å². The van der Waals surface area contributed by atoms with E-state index in [-0.39, 0.29) is 30.4 Å². The van der Waals surface area contributed by atoms with Gasteiger partial charge in [0.15, 0.2) is 24.7 Å². The zero-order valence-electron chi connectivity index (χ0n) is 14.8. The first-order valence-electron chi connectivity index (χ1n) is 8.09. The van der Waals surface area contributed by atoms with E-state index in [4.69, 9.17) is 18.9 Å². The number of benzene rings is 1. The second kappa shape index (κ2) is 9.62. The molecule has 1 fully saturated rings. The van der Waals surface area contributed by atoms with Gasteiger partial charge in [-0.05, 0) is 18.2 Å². The average molecular weight is 366 g/mol. The van der Waals surface area contributed by atoms with Crippen LogP contribution >= 0.6 is 0 Å². The number of esters is 1. The van der Waals surface area contributed by atoms with Crippen LogP contribution in [-0.4, -0.2) is 76.4 Å². The SMILES string of the molecule is CNC(=O)COC(=O)c1ccc(OCC(=O)N2CCOCC2)c(OC)c1. The minimum absolute atomic E-state index is 0.142. The molecule has 0 spiro atoms. The molecule has 0 unspecified atom stereocenters. The number of hydrogen-bond donors (Lipinski definition) is 1. The fourth-order valence-corrected chi connectivity index (χ4v) is 2.24. The summed E-state index contributed by atoms with van der Waals surface area (Å²) >= 11 is 0. The zero-order chi connectivity index (χ0) is 18.9. The predicted molar refractivity (Wildman–Crippen MR) is 90.2 cm³/mol. The van der Waals surface area contributed by atoms with Gasteiger partial charge in [0.05, 0.1) is 25.9 Å². The smallest absolute Gasteiger partial charge is 0.338 e. The molecule has 0 bridgehead atoms. The number of likely N-dealkylation sites (N-methyl/N-ethyl adjacent to an activating group) is 1. The van der Waals surface area contributed by atoms with Crippen LogP contribution in [0.1, 0.15) is 10.4 Å². The first-order chi connectivity index (χ1) is 12.5. The molecule has 1 saturated heterocycles. The van der Waals surface area contributed by atoms with Gasteiger partial charge in [-0.2, -0.15) is 0 Å². The van der Waals surface area contributed by atoms with E-state index < -0.39 is 11.9 Å². The van der Waals surface area contributed by atoms with E-state index in [1.165, 1.54) is 32.4 Å². The highest BCUT2D eigenvalue weighted by Crippen LogP contribution is 2.28. The molecule has 1 aliphatic rings. The van der Waals surface area contributed by atoms with Gasteiger partial charge in [-0.1, -0.05) is 0 Å². The summed E-state index contributed by atoms with van der Waals surface area (Å²) in [5, 5.41) is 2.35. The molecule has 142 valence electrons. The van der Waals surface area contributed by atoms with Crippen molar-refractivity contribution in [3.63, 3.8) is 0 Å². The van der Waals surface area contributed by atoms with Crippen LogP contribution in [0.25, 0.3) is 0 Å². The summed E-state index contributed by atoms with van der Waals surface area (Å²) in [4.78, 5) is 36.9. The Balaban J connectivity index is 1.95. The van der Waals surface area contributed by atoms with Crippen molar-refractivity contribution in [1.29, 1.82) is 0 Å². The molecule has 1 aromatic carbocycles. The third-order valence-corrected chi connectivity index (χ3v) is 3.73. The molecule has 0 aromatic heterocycles. The van der Waals surface area contributed by atoms with E-state index in [0.29, 0.717) is 32.1 Å². The molecule has 2 amide bonds. The monoisotopic (exact) mass is 366 g/mol. The van der Waals surface area contributed by atoms with Crippen LogP contribution in [0.15, 0.2) is 18.2 Å². The topological polar surface area (TPSA) is 103 Å². The van der Waals surface area contributed by atoms with E-state index in [9.17, 15) is 14.4 Å². The van der Waals surface area contributed by atoms with Crippen LogP contribution in [0.2, 0.25) is 0 Å². The number of nitrogens with zero attached hydrogens (tertiary/aromatic N) is 1. The van der Waals surface area contributed by atoms with E-state index in [1.807, 2.05) is 0 Å². The predicted octanol–water partition coefficient (Wildman–Crippen LogP) is -0.164. The Bertz CT molecular complexity index is 657. The van der Waals surface area contributed by atoms with Crippen molar-refractivity contribution in [3.05, 3.63) is 23.8 Å². The quantitative estimate of drug-likeness (QED) is 0.669. The fourth-order valence-electron chi connectivity index (χ4n) is 2.24. The standard InChI is InChI=1S/C17H22N2O7/c1-18-15(20)10-26-17(22)12-3-4-13(14(9-12)23-2)25-11-16(21)19-5-7-24-8-6-19/h3-4,9H,5-8,10-11H2,1-2H3,(H,18,20). The zero-order valence-corrected chi connectivity index (χ0v) is 14.8. The number of ether oxygens (including phenoxy) is 4. The third-order valence-electron chi connectivity index (χ3n) is 3.73. The molecule has 9 nitrogen and oxygen atoms in total. The number of nitrogens with one attached hydrogen (secondary N) is 1. The van der Waals surface area contributed by atoms with E-state index in [2.05, 4.69) is 5.32 Å². The highest BCUT2D eigenvalue weighted by atomic mass is 16.5. The molecule has 1 aromatic rings. The highest BCUT2D eigenvalue weighted by Gasteiger charge is 2.19. The molecule has 1 aliphatic heterocycles. The lowest BCUT2D eigenvalue weighted by molar-refractivity contribution is -0.137. The summed E-state index contributed by atoms with van der Waals surface area (Å²) in [7, 11) is 2.87. The molecule has 9 heteroatoms. The van der Waals surface area contributed by atoms with Gasteiger partial charge >= 0.3 is 5.97 Å². The van der Waals surface area contributed by atoms with Crippen LogP contribution in [0, 0.1) is 0 Å². The Hall–Kier alpha value is -2.81. The molecule has 0 aliphatic carbocycles.